The average molecular weight is 196 g/mol. The Morgan fingerprint density at radius 3 is 1.73 bits per heavy atom. The minimum absolute atomic E-state index is 0.897. The topological polar surface area (TPSA) is 0 Å². The van der Waals surface area contributed by atoms with E-state index < -0.39 is 0 Å². The molecule has 1 rings (SSSR count). The van der Waals surface area contributed by atoms with Gasteiger partial charge in [-0.3, -0.25) is 0 Å². The van der Waals surface area contributed by atoms with Crippen LogP contribution in [0, 0.1) is 0 Å². The molecule has 0 aromatic heterocycles. The van der Waals surface area contributed by atoms with Crippen LogP contribution in [0.1, 0.15) is 6.42 Å². The molecule has 0 nitrogen and oxygen atoms in total. The molecule has 15 heavy (non-hydrogen) atoms. The molecule has 0 aromatic carbocycles. The summed E-state index contributed by atoms with van der Waals surface area (Å²) in [6.07, 6.45) is 25.1. The molecule has 0 fully saturated rings. The van der Waals surface area contributed by atoms with Gasteiger partial charge in [-0.25, -0.2) is 0 Å². The fraction of sp³-hybridized carbons (Fsp3) is 0.0667. The summed E-state index contributed by atoms with van der Waals surface area (Å²) < 4.78 is 0. The fourth-order valence-corrected chi connectivity index (χ4v) is 1.07. The zero-order valence-electron chi connectivity index (χ0n) is 8.84. The molecule has 1 aliphatic carbocycles. The Hall–Kier alpha value is -1.82. The molecular weight excluding hydrogens is 180 g/mol. The Morgan fingerprint density at radius 2 is 1.13 bits per heavy atom. The Labute approximate surface area is 92.0 Å². The maximum Gasteiger partial charge on any atom is -0.0100 e. The highest BCUT2D eigenvalue weighted by molar-refractivity contribution is 5.25. The van der Waals surface area contributed by atoms with Crippen molar-refractivity contribution in [1.82, 2.24) is 0 Å². The van der Waals surface area contributed by atoms with Gasteiger partial charge < -0.3 is 0 Å². The summed E-state index contributed by atoms with van der Waals surface area (Å²) in [5, 5.41) is 0. The van der Waals surface area contributed by atoms with Crippen LogP contribution in [-0.2, 0) is 0 Å². The second kappa shape index (κ2) is 7.57. The van der Waals surface area contributed by atoms with Crippen LogP contribution < -0.4 is 0 Å². The highest BCUT2D eigenvalue weighted by Crippen LogP contribution is 2.01. The van der Waals surface area contributed by atoms with Gasteiger partial charge in [-0.05, 0) is 6.42 Å². The summed E-state index contributed by atoms with van der Waals surface area (Å²) in [5.74, 6) is 0. The van der Waals surface area contributed by atoms with Crippen molar-refractivity contribution in [2.24, 2.45) is 0 Å². The van der Waals surface area contributed by atoms with E-state index in [9.17, 15) is 0 Å². The summed E-state index contributed by atoms with van der Waals surface area (Å²) in [5.41, 5.74) is 1.11. The van der Waals surface area contributed by atoms with Gasteiger partial charge in [-0.1, -0.05) is 85.1 Å². The van der Waals surface area contributed by atoms with Crippen LogP contribution in [0.4, 0.5) is 0 Å². The summed E-state index contributed by atoms with van der Waals surface area (Å²) >= 11 is 0. The molecule has 0 N–H and O–H groups in total. The smallest absolute Gasteiger partial charge is 0.0100 e. The van der Waals surface area contributed by atoms with E-state index >= 15 is 0 Å². The molecule has 0 bridgehead atoms. The predicted octanol–water partition coefficient (Wildman–Crippen LogP) is 4.28. The average Bonchev–Trinajstić information content (AvgIpc) is 2.24. The first-order chi connectivity index (χ1) is 7.39. The summed E-state index contributed by atoms with van der Waals surface area (Å²) in [6, 6.07) is 0. The number of hydrogen-bond acceptors (Lipinski definition) is 0. The number of rotatable bonds is 0. The lowest BCUT2D eigenvalue weighted by atomic mass is 10.2. The van der Waals surface area contributed by atoms with Gasteiger partial charge >= 0.3 is 0 Å². The number of hydrogen-bond donors (Lipinski definition) is 0. The van der Waals surface area contributed by atoms with Crippen LogP contribution >= 0.6 is 0 Å². The van der Waals surface area contributed by atoms with Crippen LogP contribution in [0.3, 0.4) is 0 Å². The summed E-state index contributed by atoms with van der Waals surface area (Å²) in [4.78, 5) is 0. The molecule has 0 aromatic rings. The van der Waals surface area contributed by atoms with Gasteiger partial charge in [-0.15, -0.1) is 0 Å². The molecule has 0 saturated heterocycles. The SMILES string of the molecule is C=C1\C=C/C=C/C=C\C=C\C=C\C=C/C1. The maximum atomic E-state index is 3.96. The number of allylic oxidation sites excluding steroid dienone is 13. The standard InChI is InChI=1S/C15H16/c1-15-13-11-9-7-5-3-2-4-6-8-10-12-14-15/h2-13H,1,14H2/b4-2+,5-3-,8-6+,9-7+,12-10-,13-11-. The minimum Gasteiger partial charge on any atom is -0.0955 e. The maximum absolute atomic E-state index is 3.96. The van der Waals surface area contributed by atoms with Gasteiger partial charge in [0, 0.05) is 0 Å². The van der Waals surface area contributed by atoms with Crippen molar-refractivity contribution in [2.75, 3.05) is 0 Å². The van der Waals surface area contributed by atoms with Crippen molar-refractivity contribution in [1.29, 1.82) is 0 Å². The lowest BCUT2D eigenvalue weighted by molar-refractivity contribution is 1.30. The first kappa shape index (κ1) is 11.3. The van der Waals surface area contributed by atoms with Crippen LogP contribution in [0.15, 0.2) is 85.1 Å². The third-order valence-electron chi connectivity index (χ3n) is 1.85. The molecule has 1 aliphatic rings. The van der Waals surface area contributed by atoms with Gasteiger partial charge in [0.25, 0.3) is 0 Å². The molecule has 0 aliphatic heterocycles. The molecule has 0 heteroatoms. The van der Waals surface area contributed by atoms with E-state index in [1.807, 2.05) is 66.8 Å². The van der Waals surface area contributed by atoms with Crippen LogP contribution in [-0.4, -0.2) is 0 Å². The Bertz CT molecular complexity index is 357. The molecular formula is C15H16. The van der Waals surface area contributed by atoms with E-state index in [2.05, 4.69) is 12.7 Å². The quantitative estimate of drug-likeness (QED) is 0.542. The van der Waals surface area contributed by atoms with Gasteiger partial charge in [0.1, 0.15) is 0 Å². The fourth-order valence-electron chi connectivity index (χ4n) is 1.07. The Morgan fingerprint density at radius 1 is 0.667 bits per heavy atom. The molecule has 76 valence electrons. The van der Waals surface area contributed by atoms with Crippen molar-refractivity contribution < 1.29 is 0 Å². The van der Waals surface area contributed by atoms with Crippen molar-refractivity contribution in [3.8, 4) is 0 Å². The largest absolute Gasteiger partial charge is 0.0955 e. The molecule has 0 heterocycles. The van der Waals surface area contributed by atoms with E-state index in [0.29, 0.717) is 0 Å². The van der Waals surface area contributed by atoms with E-state index in [0.717, 1.165) is 12.0 Å². The van der Waals surface area contributed by atoms with Crippen LogP contribution in [0.5, 0.6) is 0 Å². The Kier molecular flexibility index (Phi) is 5.68. The predicted molar refractivity (Wildman–Crippen MR) is 68.6 cm³/mol. The van der Waals surface area contributed by atoms with Gasteiger partial charge in [-0.2, -0.15) is 0 Å². The molecule has 0 spiro atoms. The van der Waals surface area contributed by atoms with Crippen LogP contribution in [0.2, 0.25) is 0 Å². The second-order valence-electron chi connectivity index (χ2n) is 3.19. The van der Waals surface area contributed by atoms with Crippen molar-refractivity contribution in [3.63, 3.8) is 0 Å². The third-order valence-corrected chi connectivity index (χ3v) is 1.85. The van der Waals surface area contributed by atoms with Crippen molar-refractivity contribution in [2.45, 2.75) is 6.42 Å². The normalized spacial score (nSPS) is 29.7. The third kappa shape index (κ3) is 6.28. The van der Waals surface area contributed by atoms with Gasteiger partial charge in [0.05, 0.1) is 0 Å². The summed E-state index contributed by atoms with van der Waals surface area (Å²) in [7, 11) is 0. The molecule has 0 unspecified atom stereocenters. The summed E-state index contributed by atoms with van der Waals surface area (Å²) in [6.45, 7) is 3.96. The lowest BCUT2D eigenvalue weighted by Crippen LogP contribution is -1.70. The first-order valence-electron chi connectivity index (χ1n) is 5.07. The Balaban J connectivity index is 2.69. The molecule has 0 amide bonds. The zero-order chi connectivity index (χ0) is 10.8. The molecule has 0 radical (unpaired) electrons. The molecule has 0 atom stereocenters. The van der Waals surface area contributed by atoms with Crippen molar-refractivity contribution in [3.05, 3.63) is 85.1 Å². The minimum atomic E-state index is 0.897. The van der Waals surface area contributed by atoms with Crippen LogP contribution in [0.25, 0.3) is 0 Å². The monoisotopic (exact) mass is 196 g/mol. The van der Waals surface area contributed by atoms with E-state index in [-0.39, 0.29) is 0 Å². The van der Waals surface area contributed by atoms with E-state index in [1.165, 1.54) is 0 Å². The first-order valence-corrected chi connectivity index (χ1v) is 5.07. The highest BCUT2D eigenvalue weighted by Gasteiger charge is 1.81. The molecule has 0 saturated carbocycles. The highest BCUT2D eigenvalue weighted by atomic mass is 13.9. The zero-order valence-corrected chi connectivity index (χ0v) is 8.84. The van der Waals surface area contributed by atoms with Crippen molar-refractivity contribution >= 4 is 0 Å². The van der Waals surface area contributed by atoms with E-state index in [4.69, 9.17) is 0 Å². The van der Waals surface area contributed by atoms with E-state index in [1.54, 1.807) is 0 Å². The van der Waals surface area contributed by atoms with Gasteiger partial charge in [0.15, 0.2) is 0 Å². The van der Waals surface area contributed by atoms with Gasteiger partial charge in [0.2, 0.25) is 0 Å². The lowest BCUT2D eigenvalue weighted by Gasteiger charge is -1.90. The second-order valence-corrected chi connectivity index (χ2v) is 3.19.